The molecule has 1 aliphatic rings. The first-order valence-corrected chi connectivity index (χ1v) is 9.65. The zero-order valence-electron chi connectivity index (χ0n) is 16.1. The van der Waals surface area contributed by atoms with Crippen LogP contribution in [0, 0.1) is 10.1 Å². The second-order valence-corrected chi connectivity index (χ2v) is 7.18. The van der Waals surface area contributed by atoms with Gasteiger partial charge in [-0.25, -0.2) is 0 Å². The van der Waals surface area contributed by atoms with Gasteiger partial charge in [0, 0.05) is 49.4 Å². The third kappa shape index (κ3) is 5.36. The van der Waals surface area contributed by atoms with Crippen LogP contribution in [0.4, 0.5) is 11.4 Å². The van der Waals surface area contributed by atoms with Crippen molar-refractivity contribution in [3.8, 4) is 5.75 Å². The molecule has 9 heteroatoms. The largest absolute Gasteiger partial charge is 0.496 e. The van der Waals surface area contributed by atoms with Gasteiger partial charge in [0.05, 0.1) is 18.6 Å². The van der Waals surface area contributed by atoms with E-state index in [0.29, 0.717) is 43.4 Å². The van der Waals surface area contributed by atoms with Crippen LogP contribution in [0.2, 0.25) is 5.02 Å². The number of nitrogens with zero attached hydrogens (tertiary/aromatic N) is 3. The van der Waals surface area contributed by atoms with Gasteiger partial charge in [-0.05, 0) is 18.2 Å². The molecule has 0 aromatic heterocycles. The Morgan fingerprint density at radius 2 is 1.93 bits per heavy atom. The molecule has 1 N–H and O–H groups in total. The molecule has 0 spiro atoms. The number of hydrogen-bond donors (Lipinski definition) is 1. The number of halogens is 1. The molecule has 8 nitrogen and oxygen atoms in total. The lowest BCUT2D eigenvalue weighted by molar-refractivity contribution is -0.384. The Labute approximate surface area is 174 Å². The lowest BCUT2D eigenvalue weighted by atomic mass is 10.2. The molecule has 1 fully saturated rings. The highest BCUT2D eigenvalue weighted by molar-refractivity contribution is 6.30. The summed E-state index contributed by atoms with van der Waals surface area (Å²) in [6.45, 7) is 3.17. The smallest absolute Gasteiger partial charge is 0.294 e. The normalized spacial score (nSPS) is 14.5. The van der Waals surface area contributed by atoms with Gasteiger partial charge in [-0.2, -0.15) is 0 Å². The molecular weight excluding hydrogens is 396 g/mol. The second-order valence-electron chi connectivity index (χ2n) is 6.74. The number of anilines is 1. The third-order valence-electron chi connectivity index (χ3n) is 4.88. The van der Waals surface area contributed by atoms with E-state index < -0.39 is 4.92 Å². The van der Waals surface area contributed by atoms with Crippen molar-refractivity contribution >= 4 is 28.9 Å². The fourth-order valence-electron chi connectivity index (χ4n) is 3.36. The molecule has 1 aliphatic heterocycles. The van der Waals surface area contributed by atoms with E-state index in [1.165, 1.54) is 6.07 Å². The molecule has 0 bridgehead atoms. The Morgan fingerprint density at radius 3 is 2.62 bits per heavy atom. The molecule has 3 rings (SSSR count). The molecule has 29 heavy (non-hydrogen) atoms. The number of benzene rings is 2. The number of nitro benzene ring substituents is 1. The molecule has 0 radical (unpaired) electrons. The van der Waals surface area contributed by atoms with Gasteiger partial charge in [-0.3, -0.25) is 19.8 Å². The first-order chi connectivity index (χ1) is 14.0. The van der Waals surface area contributed by atoms with Gasteiger partial charge in [0.1, 0.15) is 11.4 Å². The van der Waals surface area contributed by atoms with Gasteiger partial charge in [-0.15, -0.1) is 0 Å². The van der Waals surface area contributed by atoms with Crippen molar-refractivity contribution in [3.05, 3.63) is 63.2 Å². The number of rotatable bonds is 7. The average Bonchev–Trinajstić information content (AvgIpc) is 2.73. The first-order valence-electron chi connectivity index (χ1n) is 9.28. The highest BCUT2D eigenvalue weighted by atomic mass is 35.5. The standard InChI is InChI=1S/C20H23ClN4O4/c1-29-19-5-3-2-4-15(19)13-22-20(26)14-23-8-10-24(11-9-23)17-7-6-16(21)12-18(17)25(27)28/h2-7,12H,8-11,13-14H2,1H3,(H,22,26). The van der Waals surface area contributed by atoms with Crippen molar-refractivity contribution in [1.82, 2.24) is 10.2 Å². The van der Waals surface area contributed by atoms with E-state index in [0.717, 1.165) is 11.3 Å². The molecular formula is C20H23ClN4O4. The lowest BCUT2D eigenvalue weighted by Gasteiger charge is -2.35. The molecule has 2 aromatic rings. The monoisotopic (exact) mass is 418 g/mol. The Bertz CT molecular complexity index is 885. The molecule has 154 valence electrons. The second kappa shape index (κ2) is 9.58. The zero-order valence-corrected chi connectivity index (χ0v) is 16.9. The van der Waals surface area contributed by atoms with Gasteiger partial charge in [0.2, 0.25) is 5.91 Å². The van der Waals surface area contributed by atoms with E-state index in [2.05, 4.69) is 5.32 Å². The van der Waals surface area contributed by atoms with Crippen LogP contribution in [0.1, 0.15) is 5.56 Å². The molecule has 0 unspecified atom stereocenters. The van der Waals surface area contributed by atoms with Crippen molar-refractivity contribution in [2.24, 2.45) is 0 Å². The summed E-state index contributed by atoms with van der Waals surface area (Å²) in [7, 11) is 1.60. The number of hydrogen-bond acceptors (Lipinski definition) is 6. The van der Waals surface area contributed by atoms with Crippen molar-refractivity contribution in [3.63, 3.8) is 0 Å². The summed E-state index contributed by atoms with van der Waals surface area (Å²) >= 11 is 5.89. The van der Waals surface area contributed by atoms with E-state index >= 15 is 0 Å². The summed E-state index contributed by atoms with van der Waals surface area (Å²) in [5.74, 6) is 0.674. The number of para-hydroxylation sites is 1. The van der Waals surface area contributed by atoms with Crippen LogP contribution in [-0.2, 0) is 11.3 Å². The molecule has 1 heterocycles. The summed E-state index contributed by atoms with van der Waals surface area (Å²) in [4.78, 5) is 27.2. The predicted octanol–water partition coefficient (Wildman–Crippen LogP) is 2.70. The van der Waals surface area contributed by atoms with Crippen LogP contribution in [0.3, 0.4) is 0 Å². The highest BCUT2D eigenvalue weighted by Gasteiger charge is 2.24. The number of methoxy groups -OCH3 is 1. The van der Waals surface area contributed by atoms with Crippen LogP contribution in [0.25, 0.3) is 0 Å². The molecule has 0 atom stereocenters. The van der Waals surface area contributed by atoms with Gasteiger partial charge in [-0.1, -0.05) is 29.8 Å². The SMILES string of the molecule is COc1ccccc1CNC(=O)CN1CCN(c2ccc(Cl)cc2[N+](=O)[O-])CC1. The minimum Gasteiger partial charge on any atom is -0.496 e. The van der Waals surface area contributed by atoms with Crippen molar-refractivity contribution in [1.29, 1.82) is 0 Å². The number of ether oxygens (including phenoxy) is 1. The molecule has 0 aliphatic carbocycles. The van der Waals surface area contributed by atoms with E-state index in [1.807, 2.05) is 34.1 Å². The first kappa shape index (κ1) is 20.9. The minimum absolute atomic E-state index is 0.000464. The summed E-state index contributed by atoms with van der Waals surface area (Å²) in [5.41, 5.74) is 1.48. The summed E-state index contributed by atoms with van der Waals surface area (Å²) in [6.07, 6.45) is 0. The van der Waals surface area contributed by atoms with Crippen LogP contribution in [0.5, 0.6) is 5.75 Å². The lowest BCUT2D eigenvalue weighted by Crippen LogP contribution is -2.49. The number of amides is 1. The topological polar surface area (TPSA) is 88.0 Å². The van der Waals surface area contributed by atoms with Crippen LogP contribution in [-0.4, -0.2) is 55.6 Å². The van der Waals surface area contributed by atoms with Gasteiger partial charge < -0.3 is 15.0 Å². The summed E-state index contributed by atoms with van der Waals surface area (Å²) < 4.78 is 5.29. The Kier molecular flexibility index (Phi) is 6.90. The number of nitrogens with one attached hydrogen (secondary N) is 1. The van der Waals surface area contributed by atoms with E-state index in [9.17, 15) is 14.9 Å². The third-order valence-corrected chi connectivity index (χ3v) is 5.12. The van der Waals surface area contributed by atoms with E-state index in [4.69, 9.17) is 16.3 Å². The van der Waals surface area contributed by atoms with Crippen molar-refractivity contribution < 1.29 is 14.5 Å². The number of carbonyl (C=O) groups is 1. The Balaban J connectivity index is 1.51. The maximum Gasteiger partial charge on any atom is 0.294 e. The quantitative estimate of drug-likeness (QED) is 0.549. The van der Waals surface area contributed by atoms with Crippen LogP contribution < -0.4 is 15.0 Å². The van der Waals surface area contributed by atoms with Crippen LogP contribution >= 0.6 is 11.6 Å². The highest BCUT2D eigenvalue weighted by Crippen LogP contribution is 2.31. The summed E-state index contributed by atoms with van der Waals surface area (Å²) in [5, 5.41) is 14.6. The Morgan fingerprint density at radius 1 is 1.21 bits per heavy atom. The molecule has 1 amide bonds. The molecule has 2 aromatic carbocycles. The fraction of sp³-hybridized carbons (Fsp3) is 0.350. The minimum atomic E-state index is -0.418. The average molecular weight is 419 g/mol. The summed E-state index contributed by atoms with van der Waals surface area (Å²) in [6, 6.07) is 12.3. The van der Waals surface area contributed by atoms with E-state index in [-0.39, 0.29) is 18.1 Å². The zero-order chi connectivity index (χ0) is 20.8. The van der Waals surface area contributed by atoms with Crippen molar-refractivity contribution in [2.45, 2.75) is 6.54 Å². The maximum atomic E-state index is 12.3. The van der Waals surface area contributed by atoms with Gasteiger partial charge >= 0.3 is 0 Å². The number of nitro groups is 1. The predicted molar refractivity (Wildman–Crippen MR) is 112 cm³/mol. The van der Waals surface area contributed by atoms with Crippen LogP contribution in [0.15, 0.2) is 42.5 Å². The Hall–Kier alpha value is -2.84. The van der Waals surface area contributed by atoms with Crippen molar-refractivity contribution in [2.75, 3.05) is 44.7 Å². The number of carbonyl (C=O) groups excluding carboxylic acids is 1. The van der Waals surface area contributed by atoms with Gasteiger partial charge in [0.15, 0.2) is 0 Å². The number of piperazine rings is 1. The molecule has 1 saturated heterocycles. The maximum absolute atomic E-state index is 12.3. The fourth-order valence-corrected chi connectivity index (χ4v) is 3.53. The molecule has 0 saturated carbocycles. The van der Waals surface area contributed by atoms with Gasteiger partial charge in [0.25, 0.3) is 5.69 Å². The van der Waals surface area contributed by atoms with E-state index in [1.54, 1.807) is 19.2 Å².